The van der Waals surface area contributed by atoms with Crippen molar-refractivity contribution >= 4 is 17.0 Å². The van der Waals surface area contributed by atoms with Crippen molar-refractivity contribution in [2.45, 2.75) is 18.9 Å². The fourth-order valence-corrected chi connectivity index (χ4v) is 2.97. The van der Waals surface area contributed by atoms with Crippen molar-refractivity contribution in [3.8, 4) is 5.88 Å². The van der Waals surface area contributed by atoms with Gasteiger partial charge in [0.15, 0.2) is 5.65 Å². The second-order valence-corrected chi connectivity index (χ2v) is 5.35. The third-order valence-electron chi connectivity index (χ3n) is 3.98. The number of imidazole rings is 1. The number of anilines is 1. The highest BCUT2D eigenvalue weighted by atomic mass is 19.1. The molecule has 7 heteroatoms. The van der Waals surface area contributed by atoms with E-state index in [1.165, 1.54) is 13.2 Å². The van der Waals surface area contributed by atoms with Crippen LogP contribution in [0.25, 0.3) is 11.2 Å². The summed E-state index contributed by atoms with van der Waals surface area (Å²) in [5.41, 5.74) is 1.83. The van der Waals surface area contributed by atoms with E-state index in [1.54, 1.807) is 6.33 Å². The van der Waals surface area contributed by atoms with Gasteiger partial charge in [0.2, 0.25) is 5.88 Å². The number of ether oxygens (including phenoxy) is 1. The number of halogens is 1. The van der Waals surface area contributed by atoms with Crippen LogP contribution in [0.15, 0.2) is 30.7 Å². The van der Waals surface area contributed by atoms with Crippen molar-refractivity contribution in [1.82, 2.24) is 19.9 Å². The molecule has 4 heterocycles. The first kappa shape index (κ1) is 12.8. The lowest BCUT2D eigenvalue weighted by molar-refractivity contribution is 0.385. The third kappa shape index (κ3) is 2.38. The van der Waals surface area contributed by atoms with E-state index in [0.29, 0.717) is 30.0 Å². The molecule has 1 N–H and O–H groups in total. The Morgan fingerprint density at radius 3 is 3.22 bits per heavy atom. The van der Waals surface area contributed by atoms with Crippen LogP contribution in [0, 0.1) is 5.82 Å². The molecule has 0 amide bonds. The highest BCUT2D eigenvalue weighted by molar-refractivity contribution is 5.72. The van der Waals surface area contributed by atoms with Gasteiger partial charge in [-0.25, -0.2) is 19.3 Å². The number of aromatic nitrogens is 4. The van der Waals surface area contributed by atoms with Crippen LogP contribution < -0.4 is 9.64 Å². The zero-order valence-corrected chi connectivity index (χ0v) is 12.6. The molecule has 1 fully saturated rings. The zero-order valence-electron chi connectivity index (χ0n) is 13.6. The van der Waals surface area contributed by atoms with Crippen LogP contribution in [-0.4, -0.2) is 33.6 Å². The van der Waals surface area contributed by atoms with Gasteiger partial charge >= 0.3 is 0 Å². The molecule has 0 aliphatic carbocycles. The molecule has 1 unspecified atom stereocenters. The summed E-state index contributed by atoms with van der Waals surface area (Å²) in [5.74, 6) is 0.424. The van der Waals surface area contributed by atoms with Gasteiger partial charge in [-0.15, -0.1) is 0 Å². The van der Waals surface area contributed by atoms with Crippen molar-refractivity contribution in [2.75, 3.05) is 18.6 Å². The van der Waals surface area contributed by atoms with Crippen molar-refractivity contribution in [3.05, 3.63) is 42.1 Å². The molecule has 1 atom stereocenters. The van der Waals surface area contributed by atoms with Crippen LogP contribution in [0.3, 0.4) is 0 Å². The molecular weight excluding hydrogens is 297 g/mol. The number of nitrogens with zero attached hydrogens (tertiary/aromatic N) is 4. The first-order valence-electron chi connectivity index (χ1n) is 7.89. The van der Waals surface area contributed by atoms with Gasteiger partial charge in [-0.05, 0) is 31.0 Å². The van der Waals surface area contributed by atoms with Crippen LogP contribution in [-0.2, 0) is 0 Å². The zero-order chi connectivity index (χ0) is 16.7. The summed E-state index contributed by atoms with van der Waals surface area (Å²) in [5, 5.41) is 0. The van der Waals surface area contributed by atoms with E-state index in [1.807, 2.05) is 17.0 Å². The number of pyridine rings is 2. The first-order valence-corrected chi connectivity index (χ1v) is 7.39. The van der Waals surface area contributed by atoms with Crippen LogP contribution >= 0.6 is 0 Å². The molecule has 1 saturated heterocycles. The molecule has 3 aromatic heterocycles. The molecule has 0 aromatic carbocycles. The van der Waals surface area contributed by atoms with E-state index >= 15 is 0 Å². The van der Waals surface area contributed by atoms with E-state index in [9.17, 15) is 4.39 Å². The van der Waals surface area contributed by atoms with Gasteiger partial charge in [0.1, 0.15) is 17.2 Å². The van der Waals surface area contributed by atoms with Gasteiger partial charge in [-0.2, -0.15) is 0 Å². The Bertz CT molecular complexity index is 901. The summed E-state index contributed by atoms with van der Waals surface area (Å²) in [4.78, 5) is 17.5. The Morgan fingerprint density at radius 1 is 1.43 bits per heavy atom. The van der Waals surface area contributed by atoms with Crippen LogP contribution in [0.5, 0.6) is 5.88 Å². The normalized spacial score (nSPS) is 21.7. The molecule has 0 saturated carbocycles. The molecule has 118 valence electrons. The number of nitrogens with one attached hydrogen (secondary N) is 1. The lowest BCUT2D eigenvalue weighted by Gasteiger charge is -2.26. The lowest BCUT2D eigenvalue weighted by atomic mass is 10.1. The largest absolute Gasteiger partial charge is 0.481 e. The van der Waals surface area contributed by atoms with E-state index in [-0.39, 0.29) is 5.88 Å². The molecule has 1 aliphatic rings. The quantitative estimate of drug-likeness (QED) is 0.805. The average molecular weight is 314 g/mol. The third-order valence-corrected chi connectivity index (χ3v) is 3.98. The van der Waals surface area contributed by atoms with E-state index in [4.69, 9.17) is 6.11 Å². The van der Waals surface area contributed by atoms with Crippen molar-refractivity contribution in [1.29, 1.82) is 0 Å². The first-order chi connectivity index (χ1) is 11.6. The summed E-state index contributed by atoms with van der Waals surface area (Å²) in [7, 11) is 1.47. The maximum absolute atomic E-state index is 13.8. The van der Waals surface area contributed by atoms with Crippen LogP contribution in [0.4, 0.5) is 10.2 Å². The number of aromatic amines is 1. The number of H-pyrrole nitrogens is 1. The SMILES string of the molecule is [2H]C1(c2cc(F)cnc2OC)CCCN1c1ccc2nc[nH]c2n1. The van der Waals surface area contributed by atoms with E-state index in [2.05, 4.69) is 19.9 Å². The Labute approximate surface area is 133 Å². The predicted octanol–water partition coefficient (Wildman–Crippen LogP) is 2.84. The van der Waals surface area contributed by atoms with Crippen molar-refractivity contribution < 1.29 is 10.5 Å². The Balaban J connectivity index is 1.82. The molecule has 3 aromatic rings. The maximum Gasteiger partial charge on any atom is 0.218 e. The van der Waals surface area contributed by atoms with Crippen LogP contribution in [0.2, 0.25) is 0 Å². The molecule has 6 nitrogen and oxygen atoms in total. The molecule has 0 spiro atoms. The average Bonchev–Trinajstić information content (AvgIpc) is 3.21. The smallest absolute Gasteiger partial charge is 0.218 e. The highest BCUT2D eigenvalue weighted by Crippen LogP contribution is 2.38. The Kier molecular flexibility index (Phi) is 3.06. The molecule has 1 aliphatic heterocycles. The molecule has 0 radical (unpaired) electrons. The second-order valence-electron chi connectivity index (χ2n) is 5.35. The summed E-state index contributed by atoms with van der Waals surface area (Å²) in [6.07, 6.45) is 4.02. The van der Waals surface area contributed by atoms with E-state index < -0.39 is 11.8 Å². The van der Waals surface area contributed by atoms with Crippen molar-refractivity contribution in [3.63, 3.8) is 0 Å². The molecule has 0 bridgehead atoms. The number of hydrogen-bond acceptors (Lipinski definition) is 5. The summed E-state index contributed by atoms with van der Waals surface area (Å²) < 4.78 is 28.0. The Morgan fingerprint density at radius 2 is 2.35 bits per heavy atom. The number of methoxy groups -OCH3 is 1. The standard InChI is InChI=1S/C16H16FN5O/c1-23-16-11(7-10(17)8-18-16)13-3-2-6-22(13)14-5-4-12-15(21-14)20-9-19-12/h4-5,7-9,13H,2-3,6H2,1H3,(H,19,20,21)/i13D. The molecular formula is C16H16FN5O. The predicted molar refractivity (Wildman–Crippen MR) is 84.0 cm³/mol. The topological polar surface area (TPSA) is 66.9 Å². The second kappa shape index (κ2) is 5.49. The fraction of sp³-hybridized carbons (Fsp3) is 0.312. The van der Waals surface area contributed by atoms with Gasteiger partial charge in [-0.1, -0.05) is 0 Å². The summed E-state index contributed by atoms with van der Waals surface area (Å²) >= 11 is 0. The number of hydrogen-bond donors (Lipinski definition) is 1. The van der Waals surface area contributed by atoms with E-state index in [0.717, 1.165) is 18.1 Å². The lowest BCUT2D eigenvalue weighted by Crippen LogP contribution is -2.24. The van der Waals surface area contributed by atoms with Gasteiger partial charge in [0.05, 0.1) is 27.0 Å². The molecule has 4 rings (SSSR count). The van der Waals surface area contributed by atoms with Gasteiger partial charge in [0.25, 0.3) is 0 Å². The minimum atomic E-state index is -1.18. The summed E-state index contributed by atoms with van der Waals surface area (Å²) in [6, 6.07) is 3.83. The minimum Gasteiger partial charge on any atom is -0.481 e. The summed E-state index contributed by atoms with van der Waals surface area (Å²) in [6.45, 7) is 0.649. The number of rotatable bonds is 3. The van der Waals surface area contributed by atoms with Gasteiger partial charge in [0, 0.05) is 12.1 Å². The van der Waals surface area contributed by atoms with Gasteiger partial charge in [-0.3, -0.25) is 0 Å². The highest BCUT2D eigenvalue weighted by Gasteiger charge is 2.30. The minimum absolute atomic E-state index is 0.265. The monoisotopic (exact) mass is 314 g/mol. The van der Waals surface area contributed by atoms with Crippen molar-refractivity contribution in [2.24, 2.45) is 0 Å². The van der Waals surface area contributed by atoms with Gasteiger partial charge < -0.3 is 14.6 Å². The maximum atomic E-state index is 13.8. The molecule has 23 heavy (non-hydrogen) atoms. The van der Waals surface area contributed by atoms with Crippen LogP contribution in [0.1, 0.15) is 25.8 Å². The fourth-order valence-electron chi connectivity index (χ4n) is 2.97. The Hall–Kier alpha value is -2.70. The number of fused-ring (bicyclic) bond motifs is 1.